The predicted octanol–water partition coefficient (Wildman–Crippen LogP) is 0.552. The zero-order chi connectivity index (χ0) is 21.3. The third kappa shape index (κ3) is 4.32. The van der Waals surface area contributed by atoms with Crippen LogP contribution in [0.25, 0.3) is 11.0 Å². The van der Waals surface area contributed by atoms with E-state index in [-0.39, 0.29) is 12.3 Å². The summed E-state index contributed by atoms with van der Waals surface area (Å²) in [5.74, 6) is 0.0244. The highest BCUT2D eigenvalue weighted by Gasteiger charge is 2.36. The monoisotopic (exact) mass is 433 g/mol. The molecule has 1 unspecified atom stereocenters. The van der Waals surface area contributed by atoms with Gasteiger partial charge in [0.1, 0.15) is 30.1 Å². The quantitative estimate of drug-likeness (QED) is 0.508. The van der Waals surface area contributed by atoms with Crippen LogP contribution in [0.3, 0.4) is 0 Å². The van der Waals surface area contributed by atoms with Gasteiger partial charge in [-0.1, -0.05) is 18.2 Å². The second kappa shape index (κ2) is 8.08. The van der Waals surface area contributed by atoms with Crippen LogP contribution in [0.1, 0.15) is 23.0 Å². The number of nitrogens with zero attached hydrogens (tertiary/aromatic N) is 3. The summed E-state index contributed by atoms with van der Waals surface area (Å²) in [6, 6.07) is 10.4. The SMILES string of the molecule is NS(=O)(=O)OCC1O[C@@H](n2ccc3c(NC(=O)c4ccccc4)ncnc32)C[C@@H]1O. The lowest BCUT2D eigenvalue weighted by atomic mass is 10.2. The van der Waals surface area contributed by atoms with Crippen LogP contribution in [-0.2, 0) is 19.2 Å². The molecule has 0 bridgehead atoms. The Balaban J connectivity index is 1.54. The third-order valence-corrected chi connectivity index (χ3v) is 5.15. The van der Waals surface area contributed by atoms with E-state index in [0.29, 0.717) is 22.4 Å². The molecule has 30 heavy (non-hydrogen) atoms. The Hall–Kier alpha value is -2.90. The van der Waals surface area contributed by atoms with Crippen LogP contribution in [0, 0.1) is 0 Å². The van der Waals surface area contributed by atoms with Gasteiger partial charge in [-0.05, 0) is 18.2 Å². The molecule has 3 aromatic rings. The minimum atomic E-state index is -4.14. The van der Waals surface area contributed by atoms with E-state index < -0.39 is 35.3 Å². The number of hydrogen-bond donors (Lipinski definition) is 3. The maximum atomic E-state index is 12.5. The molecule has 1 aliphatic rings. The van der Waals surface area contributed by atoms with Gasteiger partial charge in [-0.25, -0.2) is 15.1 Å². The first-order valence-corrected chi connectivity index (χ1v) is 10.5. The van der Waals surface area contributed by atoms with E-state index in [2.05, 4.69) is 19.5 Å². The second-order valence-corrected chi connectivity index (χ2v) is 7.93. The second-order valence-electron chi connectivity index (χ2n) is 6.71. The molecule has 1 fully saturated rings. The van der Waals surface area contributed by atoms with Crippen LogP contribution in [0.15, 0.2) is 48.9 Å². The topological polar surface area (TPSA) is 159 Å². The van der Waals surface area contributed by atoms with Crippen LogP contribution in [0.5, 0.6) is 0 Å². The van der Waals surface area contributed by atoms with Crippen molar-refractivity contribution in [3.63, 3.8) is 0 Å². The highest BCUT2D eigenvalue weighted by Crippen LogP contribution is 2.33. The first-order chi connectivity index (χ1) is 14.3. The summed E-state index contributed by atoms with van der Waals surface area (Å²) in [5.41, 5.74) is 0.974. The van der Waals surface area contributed by atoms with E-state index in [1.54, 1.807) is 41.1 Å². The molecule has 1 aliphatic heterocycles. The number of aliphatic hydroxyl groups excluding tert-OH is 1. The molecule has 3 heterocycles. The Morgan fingerprint density at radius 1 is 1.30 bits per heavy atom. The maximum Gasteiger partial charge on any atom is 0.333 e. The third-order valence-electron chi connectivity index (χ3n) is 4.69. The van der Waals surface area contributed by atoms with Gasteiger partial charge in [0.15, 0.2) is 0 Å². The van der Waals surface area contributed by atoms with E-state index in [1.807, 2.05) is 6.07 Å². The number of carbonyl (C=O) groups excluding carboxylic acids is 1. The Labute approximate surface area is 171 Å². The summed E-state index contributed by atoms with van der Waals surface area (Å²) in [5, 5.41) is 18.4. The Morgan fingerprint density at radius 3 is 2.80 bits per heavy atom. The number of fused-ring (bicyclic) bond motifs is 1. The lowest BCUT2D eigenvalue weighted by molar-refractivity contribution is -0.0369. The summed E-state index contributed by atoms with van der Waals surface area (Å²) >= 11 is 0. The summed E-state index contributed by atoms with van der Waals surface area (Å²) in [6.45, 7) is -0.400. The summed E-state index contributed by atoms with van der Waals surface area (Å²) in [7, 11) is -4.14. The Bertz CT molecular complexity index is 1170. The Morgan fingerprint density at radius 2 is 2.07 bits per heavy atom. The number of carbonyl (C=O) groups is 1. The van der Waals surface area contributed by atoms with Gasteiger partial charge in [0, 0.05) is 18.2 Å². The number of benzene rings is 1. The fourth-order valence-electron chi connectivity index (χ4n) is 3.27. The van der Waals surface area contributed by atoms with Crippen molar-refractivity contribution in [2.75, 3.05) is 11.9 Å². The van der Waals surface area contributed by atoms with Gasteiger partial charge in [-0.15, -0.1) is 0 Å². The maximum absolute atomic E-state index is 12.5. The molecular formula is C18H19N5O6S. The summed E-state index contributed by atoms with van der Waals surface area (Å²) < 4.78 is 33.9. The molecule has 4 rings (SSSR count). The van der Waals surface area contributed by atoms with Gasteiger partial charge in [0.05, 0.1) is 18.1 Å². The van der Waals surface area contributed by atoms with Crippen molar-refractivity contribution in [1.82, 2.24) is 14.5 Å². The number of amides is 1. The van der Waals surface area contributed by atoms with Gasteiger partial charge in [0.25, 0.3) is 5.91 Å². The predicted molar refractivity (Wildman–Crippen MR) is 106 cm³/mol. The van der Waals surface area contributed by atoms with Gasteiger partial charge in [-0.2, -0.15) is 8.42 Å². The zero-order valence-electron chi connectivity index (χ0n) is 15.6. The molecule has 0 spiro atoms. The average molecular weight is 433 g/mol. The van der Waals surface area contributed by atoms with E-state index in [4.69, 9.17) is 9.88 Å². The number of ether oxygens (including phenoxy) is 1. The molecular weight excluding hydrogens is 414 g/mol. The first-order valence-electron chi connectivity index (χ1n) is 9.00. The van der Waals surface area contributed by atoms with Gasteiger partial charge < -0.3 is 19.7 Å². The first kappa shape index (κ1) is 20.4. The number of aliphatic hydroxyl groups is 1. The lowest BCUT2D eigenvalue weighted by Crippen LogP contribution is -2.30. The molecule has 0 radical (unpaired) electrons. The minimum absolute atomic E-state index is 0.193. The van der Waals surface area contributed by atoms with Crippen molar-refractivity contribution in [2.45, 2.75) is 24.9 Å². The molecule has 1 saturated heterocycles. The van der Waals surface area contributed by atoms with Crippen molar-refractivity contribution in [1.29, 1.82) is 0 Å². The largest absolute Gasteiger partial charge is 0.390 e. The zero-order valence-corrected chi connectivity index (χ0v) is 16.4. The molecule has 158 valence electrons. The van der Waals surface area contributed by atoms with Crippen LogP contribution in [0.4, 0.5) is 5.82 Å². The van der Waals surface area contributed by atoms with Crippen LogP contribution in [0.2, 0.25) is 0 Å². The number of hydrogen-bond acceptors (Lipinski definition) is 8. The lowest BCUT2D eigenvalue weighted by Gasteiger charge is -2.15. The van der Waals surface area contributed by atoms with Crippen molar-refractivity contribution in [2.24, 2.45) is 5.14 Å². The molecule has 0 saturated carbocycles. The fraction of sp³-hybridized carbons (Fsp3) is 0.278. The number of aromatic nitrogens is 3. The smallest absolute Gasteiger partial charge is 0.333 e. The van der Waals surface area contributed by atoms with Gasteiger partial charge in [-0.3, -0.25) is 8.98 Å². The van der Waals surface area contributed by atoms with Crippen LogP contribution >= 0.6 is 0 Å². The molecule has 1 aromatic carbocycles. The summed E-state index contributed by atoms with van der Waals surface area (Å²) in [6.07, 6.45) is 0.764. The number of nitrogens with two attached hydrogens (primary N) is 1. The highest BCUT2D eigenvalue weighted by molar-refractivity contribution is 7.84. The van der Waals surface area contributed by atoms with Crippen molar-refractivity contribution in [3.8, 4) is 0 Å². The van der Waals surface area contributed by atoms with E-state index in [1.165, 1.54) is 6.33 Å². The average Bonchev–Trinajstić information content (AvgIpc) is 3.30. The van der Waals surface area contributed by atoms with E-state index in [0.717, 1.165) is 0 Å². The standard InChI is InChI=1S/C18H19N5O6S/c19-30(26,27)28-9-14-13(24)8-15(29-14)23-7-6-12-16(20-10-21-17(12)23)22-18(25)11-4-2-1-3-5-11/h1-7,10,13-15,24H,8-9H2,(H2,19,26,27)(H,20,21,22,25)/t13-,14?,15+/m0/s1. The molecule has 1 amide bonds. The highest BCUT2D eigenvalue weighted by atomic mass is 32.2. The van der Waals surface area contributed by atoms with Gasteiger partial charge in [0.2, 0.25) is 0 Å². The number of anilines is 1. The van der Waals surface area contributed by atoms with E-state index in [9.17, 15) is 18.3 Å². The normalized spacial score (nSPS) is 21.7. The summed E-state index contributed by atoms with van der Waals surface area (Å²) in [4.78, 5) is 20.9. The van der Waals surface area contributed by atoms with Crippen molar-refractivity contribution in [3.05, 3.63) is 54.5 Å². The molecule has 0 aliphatic carbocycles. The fourth-order valence-corrected chi connectivity index (χ4v) is 3.59. The molecule has 3 atom stereocenters. The van der Waals surface area contributed by atoms with Crippen LogP contribution in [-0.4, -0.2) is 52.8 Å². The number of nitrogens with one attached hydrogen (secondary N) is 1. The van der Waals surface area contributed by atoms with Crippen molar-refractivity contribution >= 4 is 33.1 Å². The van der Waals surface area contributed by atoms with Crippen LogP contribution < -0.4 is 10.5 Å². The van der Waals surface area contributed by atoms with Gasteiger partial charge >= 0.3 is 10.3 Å². The van der Waals surface area contributed by atoms with E-state index >= 15 is 0 Å². The Kier molecular flexibility index (Phi) is 5.49. The molecule has 4 N–H and O–H groups in total. The molecule has 11 nitrogen and oxygen atoms in total. The molecule has 12 heteroatoms. The van der Waals surface area contributed by atoms with Crippen molar-refractivity contribution < 1.29 is 27.2 Å². The minimum Gasteiger partial charge on any atom is -0.390 e. The number of rotatable bonds is 6. The molecule has 2 aromatic heterocycles.